The lowest BCUT2D eigenvalue weighted by atomic mass is 10.0. The Hall–Kier alpha value is -2.29. The maximum absolute atomic E-state index is 11.1. The van der Waals surface area contributed by atoms with Crippen LogP contribution in [0.4, 0.5) is 0 Å². The molecule has 0 heterocycles. The van der Waals surface area contributed by atoms with Gasteiger partial charge in [0.05, 0.1) is 12.2 Å². The van der Waals surface area contributed by atoms with Crippen LogP contribution in [0.25, 0.3) is 11.1 Å². The minimum Gasteiger partial charge on any atom is -0.494 e. The van der Waals surface area contributed by atoms with E-state index in [1.165, 1.54) is 0 Å². The largest absolute Gasteiger partial charge is 0.494 e. The molecule has 3 heteroatoms. The minimum absolute atomic E-state index is 0.311. The van der Waals surface area contributed by atoms with Crippen LogP contribution < -0.4 is 4.74 Å². The molecule has 1 N–H and O–H groups in total. The molecule has 0 aliphatic heterocycles. The van der Waals surface area contributed by atoms with Gasteiger partial charge in [0.1, 0.15) is 5.75 Å². The number of rotatable bonds is 5. The second-order valence-electron chi connectivity index (χ2n) is 4.77. The Morgan fingerprint density at radius 2 is 1.80 bits per heavy atom. The Bertz CT molecular complexity index is 600. The molecule has 2 rings (SSSR count). The molecule has 0 unspecified atom stereocenters. The lowest BCUT2D eigenvalue weighted by Crippen LogP contribution is -1.97. The summed E-state index contributed by atoms with van der Waals surface area (Å²) in [7, 11) is 0. The number of hydrogen-bond donors (Lipinski definition) is 1. The quantitative estimate of drug-likeness (QED) is 0.887. The molecule has 2 aromatic rings. The number of carbonyl (C=O) groups is 1. The molecular formula is C17H18O3. The van der Waals surface area contributed by atoms with Gasteiger partial charge in [-0.2, -0.15) is 0 Å². The van der Waals surface area contributed by atoms with Gasteiger partial charge >= 0.3 is 5.97 Å². The van der Waals surface area contributed by atoms with Crippen molar-refractivity contribution < 1.29 is 14.6 Å². The molecule has 0 saturated carbocycles. The van der Waals surface area contributed by atoms with Crippen LogP contribution in [-0.2, 0) is 0 Å². The predicted octanol–water partition coefficient (Wildman–Crippen LogP) is 4.15. The van der Waals surface area contributed by atoms with Crippen LogP contribution in [0.1, 0.15) is 29.3 Å². The van der Waals surface area contributed by atoms with Crippen LogP contribution in [0, 0.1) is 6.92 Å². The monoisotopic (exact) mass is 270 g/mol. The first-order valence-electron chi connectivity index (χ1n) is 6.68. The molecule has 20 heavy (non-hydrogen) atoms. The van der Waals surface area contributed by atoms with Gasteiger partial charge in [0, 0.05) is 0 Å². The van der Waals surface area contributed by atoms with Crippen molar-refractivity contribution in [1.82, 2.24) is 0 Å². The van der Waals surface area contributed by atoms with Crippen LogP contribution in [0.15, 0.2) is 42.5 Å². The first-order chi connectivity index (χ1) is 9.60. The van der Waals surface area contributed by atoms with Crippen LogP contribution in [0.5, 0.6) is 5.75 Å². The number of aromatic carboxylic acids is 1. The van der Waals surface area contributed by atoms with Crippen molar-refractivity contribution in [3.05, 3.63) is 53.6 Å². The SMILES string of the molecule is CCCOc1ccc(-c2cc(C)cc(C(=O)O)c2)cc1. The Balaban J connectivity index is 2.29. The highest BCUT2D eigenvalue weighted by Gasteiger charge is 2.07. The van der Waals surface area contributed by atoms with Crippen LogP contribution in [-0.4, -0.2) is 17.7 Å². The van der Waals surface area contributed by atoms with Crippen molar-refractivity contribution in [2.75, 3.05) is 6.61 Å². The van der Waals surface area contributed by atoms with Crippen molar-refractivity contribution >= 4 is 5.97 Å². The first kappa shape index (κ1) is 14.1. The molecule has 0 bridgehead atoms. The topological polar surface area (TPSA) is 46.5 Å². The molecule has 0 atom stereocenters. The van der Waals surface area contributed by atoms with E-state index in [0.29, 0.717) is 12.2 Å². The molecule has 0 aliphatic carbocycles. The van der Waals surface area contributed by atoms with Gasteiger partial charge in [0.2, 0.25) is 0 Å². The zero-order valence-electron chi connectivity index (χ0n) is 11.7. The smallest absolute Gasteiger partial charge is 0.335 e. The number of carboxylic acids is 1. The summed E-state index contributed by atoms with van der Waals surface area (Å²) in [4.78, 5) is 11.1. The zero-order chi connectivity index (χ0) is 14.5. The van der Waals surface area contributed by atoms with E-state index in [1.54, 1.807) is 12.1 Å². The molecule has 0 spiro atoms. The number of benzene rings is 2. The summed E-state index contributed by atoms with van der Waals surface area (Å²) in [6, 6.07) is 13.1. The fourth-order valence-corrected chi connectivity index (χ4v) is 2.04. The fourth-order valence-electron chi connectivity index (χ4n) is 2.04. The molecule has 0 aromatic heterocycles. The van der Waals surface area contributed by atoms with Crippen LogP contribution in [0.3, 0.4) is 0 Å². The summed E-state index contributed by atoms with van der Waals surface area (Å²) >= 11 is 0. The van der Waals surface area contributed by atoms with E-state index in [1.807, 2.05) is 37.3 Å². The molecule has 3 nitrogen and oxygen atoms in total. The molecule has 0 radical (unpaired) electrons. The third-order valence-corrected chi connectivity index (χ3v) is 2.98. The van der Waals surface area contributed by atoms with Crippen molar-refractivity contribution in [2.45, 2.75) is 20.3 Å². The van der Waals surface area contributed by atoms with Gasteiger partial charge < -0.3 is 9.84 Å². The van der Waals surface area contributed by atoms with E-state index >= 15 is 0 Å². The van der Waals surface area contributed by atoms with E-state index in [-0.39, 0.29) is 0 Å². The average Bonchev–Trinajstić information content (AvgIpc) is 2.45. The molecular weight excluding hydrogens is 252 g/mol. The first-order valence-corrected chi connectivity index (χ1v) is 6.68. The lowest BCUT2D eigenvalue weighted by molar-refractivity contribution is 0.0697. The fraction of sp³-hybridized carbons (Fsp3) is 0.235. The van der Waals surface area contributed by atoms with Crippen molar-refractivity contribution in [3.8, 4) is 16.9 Å². The number of carboxylic acid groups (broad SMARTS) is 1. The van der Waals surface area contributed by atoms with E-state index < -0.39 is 5.97 Å². The normalized spacial score (nSPS) is 10.3. The second-order valence-corrected chi connectivity index (χ2v) is 4.77. The van der Waals surface area contributed by atoms with Gasteiger partial charge in [-0.1, -0.05) is 25.1 Å². The van der Waals surface area contributed by atoms with E-state index in [2.05, 4.69) is 6.92 Å². The number of aryl methyl sites for hydroxylation is 1. The van der Waals surface area contributed by atoms with Crippen molar-refractivity contribution in [3.63, 3.8) is 0 Å². The number of ether oxygens (including phenoxy) is 1. The molecule has 2 aromatic carbocycles. The number of hydrogen-bond acceptors (Lipinski definition) is 2. The highest BCUT2D eigenvalue weighted by Crippen LogP contribution is 2.24. The third kappa shape index (κ3) is 3.38. The standard InChI is InChI=1S/C17H18O3/c1-3-8-20-16-6-4-13(5-7-16)14-9-12(2)10-15(11-14)17(18)19/h4-7,9-11H,3,8H2,1-2H3,(H,18,19). The van der Waals surface area contributed by atoms with Crippen molar-refractivity contribution in [1.29, 1.82) is 0 Å². The van der Waals surface area contributed by atoms with Gasteiger partial charge in [-0.05, 0) is 54.3 Å². The minimum atomic E-state index is -0.905. The van der Waals surface area contributed by atoms with Crippen LogP contribution in [0.2, 0.25) is 0 Å². The zero-order valence-corrected chi connectivity index (χ0v) is 11.7. The van der Waals surface area contributed by atoms with Crippen molar-refractivity contribution in [2.24, 2.45) is 0 Å². The van der Waals surface area contributed by atoms with Gasteiger partial charge in [-0.3, -0.25) is 0 Å². The molecule has 0 aliphatic rings. The molecule has 104 valence electrons. The maximum Gasteiger partial charge on any atom is 0.335 e. The van der Waals surface area contributed by atoms with Gasteiger partial charge in [0.15, 0.2) is 0 Å². The molecule has 0 saturated heterocycles. The predicted molar refractivity (Wildman–Crippen MR) is 79.4 cm³/mol. The van der Waals surface area contributed by atoms with Gasteiger partial charge in [-0.25, -0.2) is 4.79 Å². The highest BCUT2D eigenvalue weighted by molar-refractivity contribution is 5.89. The third-order valence-electron chi connectivity index (χ3n) is 2.98. The summed E-state index contributed by atoms with van der Waals surface area (Å²) < 4.78 is 5.54. The summed E-state index contributed by atoms with van der Waals surface area (Å²) in [6.45, 7) is 4.66. The van der Waals surface area contributed by atoms with Gasteiger partial charge in [0.25, 0.3) is 0 Å². The molecule has 0 fully saturated rings. The maximum atomic E-state index is 11.1. The summed E-state index contributed by atoms with van der Waals surface area (Å²) in [5, 5.41) is 9.10. The van der Waals surface area contributed by atoms with E-state index in [9.17, 15) is 4.79 Å². The average molecular weight is 270 g/mol. The van der Waals surface area contributed by atoms with Crippen LogP contribution >= 0.6 is 0 Å². The Labute approximate surface area is 118 Å². The highest BCUT2D eigenvalue weighted by atomic mass is 16.5. The summed E-state index contributed by atoms with van der Waals surface area (Å²) in [5.41, 5.74) is 3.14. The Morgan fingerprint density at radius 1 is 1.10 bits per heavy atom. The van der Waals surface area contributed by atoms with E-state index in [4.69, 9.17) is 9.84 Å². The summed E-state index contributed by atoms with van der Waals surface area (Å²) in [6.07, 6.45) is 0.974. The Kier molecular flexibility index (Phi) is 4.41. The van der Waals surface area contributed by atoms with E-state index in [0.717, 1.165) is 28.9 Å². The molecule has 0 amide bonds. The lowest BCUT2D eigenvalue weighted by Gasteiger charge is -2.08. The van der Waals surface area contributed by atoms with Gasteiger partial charge in [-0.15, -0.1) is 0 Å². The summed E-state index contributed by atoms with van der Waals surface area (Å²) in [5.74, 6) is -0.0699. The Morgan fingerprint density at radius 3 is 2.40 bits per heavy atom. The second kappa shape index (κ2) is 6.24.